The van der Waals surface area contributed by atoms with Gasteiger partial charge in [-0.1, -0.05) is 30.7 Å². The van der Waals surface area contributed by atoms with E-state index in [0.717, 1.165) is 56.9 Å². The standard InChI is InChI=1S/C19H26N4O2/c1-2-3-10-24-17-6-4-15(5-7-17)12-22-9-8-18-19(13-22)25-14-16-11-20-21-23(16)18/h4-7,11,18-19H,2-3,8-10,12-14H2,1H3. The molecule has 0 N–H and O–H groups in total. The number of hydrogen-bond acceptors (Lipinski definition) is 5. The van der Waals surface area contributed by atoms with Crippen LogP contribution in [0.2, 0.25) is 0 Å². The van der Waals surface area contributed by atoms with Gasteiger partial charge in [0, 0.05) is 19.6 Å². The SMILES string of the molecule is CCCCOc1ccc(CN2CCC3C(C2)OCc2cnnn23)cc1. The van der Waals surface area contributed by atoms with E-state index in [-0.39, 0.29) is 6.10 Å². The van der Waals surface area contributed by atoms with E-state index in [4.69, 9.17) is 9.47 Å². The molecule has 0 radical (unpaired) electrons. The van der Waals surface area contributed by atoms with Crippen LogP contribution in [0.5, 0.6) is 5.75 Å². The minimum atomic E-state index is 0.208. The Bertz CT molecular complexity index is 685. The highest BCUT2D eigenvalue weighted by molar-refractivity contribution is 5.27. The second-order valence-electron chi connectivity index (χ2n) is 6.96. The Balaban J connectivity index is 1.32. The highest BCUT2D eigenvalue weighted by Gasteiger charge is 2.36. The lowest BCUT2D eigenvalue weighted by Gasteiger charge is -2.41. The van der Waals surface area contributed by atoms with E-state index < -0.39 is 0 Å². The van der Waals surface area contributed by atoms with Crippen LogP contribution in [0.3, 0.4) is 0 Å². The average molecular weight is 342 g/mol. The lowest BCUT2D eigenvalue weighted by atomic mass is 9.99. The number of benzene rings is 1. The first-order chi connectivity index (χ1) is 12.3. The van der Waals surface area contributed by atoms with Crippen LogP contribution in [-0.2, 0) is 17.9 Å². The lowest BCUT2D eigenvalue weighted by molar-refractivity contribution is -0.0704. The van der Waals surface area contributed by atoms with Gasteiger partial charge in [0.05, 0.1) is 37.3 Å². The third kappa shape index (κ3) is 3.70. The van der Waals surface area contributed by atoms with E-state index in [2.05, 4.69) is 51.1 Å². The first-order valence-electron chi connectivity index (χ1n) is 9.28. The van der Waals surface area contributed by atoms with Crippen molar-refractivity contribution in [3.05, 3.63) is 41.7 Å². The molecular weight excluding hydrogens is 316 g/mol. The van der Waals surface area contributed by atoms with Gasteiger partial charge in [0.25, 0.3) is 0 Å². The smallest absolute Gasteiger partial charge is 0.119 e. The second-order valence-corrected chi connectivity index (χ2v) is 6.96. The molecule has 0 bridgehead atoms. The Kier molecular flexibility index (Phi) is 4.99. The van der Waals surface area contributed by atoms with E-state index in [9.17, 15) is 0 Å². The van der Waals surface area contributed by atoms with E-state index in [1.165, 1.54) is 5.56 Å². The number of unbranched alkanes of at least 4 members (excludes halogenated alkanes) is 1. The molecule has 1 fully saturated rings. The van der Waals surface area contributed by atoms with Gasteiger partial charge in [-0.25, -0.2) is 4.68 Å². The number of nitrogens with zero attached hydrogens (tertiary/aromatic N) is 4. The molecule has 134 valence electrons. The lowest BCUT2D eigenvalue weighted by Crippen LogP contribution is -2.48. The summed E-state index contributed by atoms with van der Waals surface area (Å²) in [5.74, 6) is 0.963. The molecule has 1 saturated heterocycles. The van der Waals surface area contributed by atoms with Crippen molar-refractivity contribution >= 4 is 0 Å². The average Bonchev–Trinajstić information content (AvgIpc) is 3.12. The van der Waals surface area contributed by atoms with Crippen molar-refractivity contribution in [1.82, 2.24) is 19.9 Å². The van der Waals surface area contributed by atoms with Crippen LogP contribution in [-0.4, -0.2) is 45.7 Å². The quantitative estimate of drug-likeness (QED) is 0.756. The van der Waals surface area contributed by atoms with Gasteiger partial charge in [-0.15, -0.1) is 5.10 Å². The zero-order valence-corrected chi connectivity index (χ0v) is 14.8. The molecule has 25 heavy (non-hydrogen) atoms. The summed E-state index contributed by atoms with van der Waals surface area (Å²) >= 11 is 0. The number of fused-ring (bicyclic) bond motifs is 3. The number of piperidine rings is 1. The summed E-state index contributed by atoms with van der Waals surface area (Å²) < 4.78 is 13.8. The molecule has 1 aromatic heterocycles. The molecule has 0 aliphatic carbocycles. The van der Waals surface area contributed by atoms with Crippen molar-refractivity contribution in [3.8, 4) is 5.75 Å². The highest BCUT2D eigenvalue weighted by Crippen LogP contribution is 2.31. The number of hydrogen-bond donors (Lipinski definition) is 0. The number of likely N-dealkylation sites (tertiary alicyclic amines) is 1. The van der Waals surface area contributed by atoms with Crippen molar-refractivity contribution in [2.24, 2.45) is 0 Å². The topological polar surface area (TPSA) is 52.4 Å². The number of rotatable bonds is 6. The molecule has 6 heteroatoms. The molecular formula is C19H26N4O2. The summed E-state index contributed by atoms with van der Waals surface area (Å²) in [6.07, 6.45) is 5.34. The predicted octanol–water partition coefficient (Wildman–Crippen LogP) is 2.80. The van der Waals surface area contributed by atoms with Crippen molar-refractivity contribution < 1.29 is 9.47 Å². The Morgan fingerprint density at radius 1 is 1.28 bits per heavy atom. The van der Waals surface area contributed by atoms with Crippen LogP contribution in [0.25, 0.3) is 0 Å². The Labute approximate surface area is 148 Å². The Morgan fingerprint density at radius 2 is 2.16 bits per heavy atom. The molecule has 0 spiro atoms. The third-order valence-electron chi connectivity index (χ3n) is 5.11. The van der Waals surface area contributed by atoms with Crippen LogP contribution >= 0.6 is 0 Å². The first-order valence-corrected chi connectivity index (χ1v) is 9.28. The summed E-state index contributed by atoms with van der Waals surface area (Å²) in [5, 5.41) is 8.27. The fourth-order valence-electron chi connectivity index (χ4n) is 3.68. The summed E-state index contributed by atoms with van der Waals surface area (Å²) in [4.78, 5) is 2.47. The van der Waals surface area contributed by atoms with Gasteiger partial charge in [0.2, 0.25) is 0 Å². The van der Waals surface area contributed by atoms with E-state index >= 15 is 0 Å². The normalized spacial score (nSPS) is 23.1. The summed E-state index contributed by atoms with van der Waals surface area (Å²) in [6.45, 7) is 6.54. The molecule has 4 rings (SSSR count). The number of aromatic nitrogens is 3. The number of ether oxygens (including phenoxy) is 2. The van der Waals surface area contributed by atoms with Crippen LogP contribution in [0.4, 0.5) is 0 Å². The van der Waals surface area contributed by atoms with E-state index in [0.29, 0.717) is 12.6 Å². The summed E-state index contributed by atoms with van der Waals surface area (Å²) in [5.41, 5.74) is 2.41. The van der Waals surface area contributed by atoms with Crippen molar-refractivity contribution in [1.29, 1.82) is 0 Å². The molecule has 6 nitrogen and oxygen atoms in total. The summed E-state index contributed by atoms with van der Waals surface area (Å²) in [6, 6.07) is 8.83. The fraction of sp³-hybridized carbons (Fsp3) is 0.579. The monoisotopic (exact) mass is 342 g/mol. The van der Waals surface area contributed by atoms with Crippen molar-refractivity contribution in [3.63, 3.8) is 0 Å². The minimum absolute atomic E-state index is 0.208. The third-order valence-corrected chi connectivity index (χ3v) is 5.11. The minimum Gasteiger partial charge on any atom is -0.494 e. The van der Waals surface area contributed by atoms with Gasteiger partial charge in [0.1, 0.15) is 5.75 Å². The molecule has 0 amide bonds. The predicted molar refractivity (Wildman–Crippen MR) is 94.4 cm³/mol. The van der Waals surface area contributed by atoms with E-state index in [1.807, 2.05) is 6.20 Å². The maximum Gasteiger partial charge on any atom is 0.119 e. The van der Waals surface area contributed by atoms with E-state index in [1.54, 1.807) is 0 Å². The molecule has 3 heterocycles. The molecule has 2 atom stereocenters. The zero-order chi connectivity index (χ0) is 17.1. The van der Waals surface area contributed by atoms with Crippen LogP contribution < -0.4 is 4.74 Å². The Hall–Kier alpha value is -1.92. The molecule has 2 aromatic rings. The fourth-order valence-corrected chi connectivity index (χ4v) is 3.68. The van der Waals surface area contributed by atoms with Gasteiger partial charge in [-0.3, -0.25) is 4.90 Å². The Morgan fingerprint density at radius 3 is 3.00 bits per heavy atom. The maximum absolute atomic E-state index is 6.05. The first kappa shape index (κ1) is 16.5. The summed E-state index contributed by atoms with van der Waals surface area (Å²) in [7, 11) is 0. The van der Waals surface area contributed by atoms with Gasteiger partial charge < -0.3 is 9.47 Å². The molecule has 2 aliphatic heterocycles. The van der Waals surface area contributed by atoms with Crippen LogP contribution in [0.15, 0.2) is 30.5 Å². The molecule has 0 saturated carbocycles. The molecule has 1 aromatic carbocycles. The highest BCUT2D eigenvalue weighted by atomic mass is 16.5. The van der Waals surface area contributed by atoms with Gasteiger partial charge >= 0.3 is 0 Å². The second kappa shape index (κ2) is 7.54. The van der Waals surface area contributed by atoms with Crippen LogP contribution in [0.1, 0.15) is 43.5 Å². The maximum atomic E-state index is 6.05. The zero-order valence-electron chi connectivity index (χ0n) is 14.8. The van der Waals surface area contributed by atoms with Crippen molar-refractivity contribution in [2.75, 3.05) is 19.7 Å². The largest absolute Gasteiger partial charge is 0.494 e. The van der Waals surface area contributed by atoms with Gasteiger partial charge in [0.15, 0.2) is 0 Å². The molecule has 2 aliphatic rings. The van der Waals surface area contributed by atoms with Gasteiger partial charge in [-0.05, 0) is 30.5 Å². The van der Waals surface area contributed by atoms with Crippen LogP contribution in [0, 0.1) is 0 Å². The van der Waals surface area contributed by atoms with Gasteiger partial charge in [-0.2, -0.15) is 0 Å². The van der Waals surface area contributed by atoms with Crippen molar-refractivity contribution in [2.45, 2.75) is 51.5 Å². The molecule has 2 unspecified atom stereocenters.